The molecule has 0 heterocycles. The van der Waals surface area contributed by atoms with Crippen molar-refractivity contribution >= 4 is 5.78 Å². The summed E-state index contributed by atoms with van der Waals surface area (Å²) in [6.07, 6.45) is 4.65. The highest BCUT2D eigenvalue weighted by Gasteiger charge is 2.28. The zero-order valence-corrected chi connectivity index (χ0v) is 13.8. The Labute approximate surface area is 128 Å². The predicted octanol–water partition coefficient (Wildman–Crippen LogP) is 5.12. The Hall–Kier alpha value is -1.31. The number of hydrogen-bond donors (Lipinski definition) is 0. The summed E-state index contributed by atoms with van der Waals surface area (Å²) in [5.74, 6) is 2.92. The predicted molar refractivity (Wildman–Crippen MR) is 86.8 cm³/mol. The van der Waals surface area contributed by atoms with Crippen molar-refractivity contribution in [3.8, 4) is 5.75 Å². The van der Waals surface area contributed by atoms with E-state index in [0.29, 0.717) is 5.78 Å². The van der Waals surface area contributed by atoms with E-state index in [1.807, 2.05) is 38.1 Å². The first-order valence-electron chi connectivity index (χ1n) is 8.28. The second-order valence-electron chi connectivity index (χ2n) is 6.91. The first kappa shape index (κ1) is 16.1. The number of carbonyl (C=O) groups is 1. The molecule has 0 amide bonds. The highest BCUT2D eigenvalue weighted by molar-refractivity contribution is 5.98. The molecule has 2 nitrogen and oxygen atoms in total. The summed E-state index contributed by atoms with van der Waals surface area (Å²) in [4.78, 5) is 12.6. The van der Waals surface area contributed by atoms with Crippen molar-refractivity contribution in [3.05, 3.63) is 29.8 Å². The second-order valence-corrected chi connectivity index (χ2v) is 6.91. The van der Waals surface area contributed by atoms with Crippen molar-refractivity contribution in [2.24, 2.45) is 17.8 Å². The summed E-state index contributed by atoms with van der Waals surface area (Å²) >= 11 is 0. The molecule has 1 aliphatic carbocycles. The van der Waals surface area contributed by atoms with Crippen molar-refractivity contribution < 1.29 is 9.53 Å². The van der Waals surface area contributed by atoms with E-state index in [1.165, 1.54) is 12.8 Å². The zero-order chi connectivity index (χ0) is 15.4. The van der Waals surface area contributed by atoms with Gasteiger partial charge in [-0.3, -0.25) is 4.79 Å². The lowest BCUT2D eigenvalue weighted by atomic mass is 9.75. The Bertz CT molecular complexity index is 451. The monoisotopic (exact) mass is 288 g/mol. The van der Waals surface area contributed by atoms with Crippen LogP contribution < -0.4 is 4.74 Å². The van der Waals surface area contributed by atoms with E-state index >= 15 is 0 Å². The molecule has 0 radical (unpaired) electrons. The maximum absolute atomic E-state index is 12.6. The molecule has 0 N–H and O–H groups in total. The van der Waals surface area contributed by atoms with Gasteiger partial charge in [-0.05, 0) is 75.6 Å². The molecule has 0 aromatic heterocycles. The number of ether oxygens (including phenoxy) is 1. The van der Waals surface area contributed by atoms with Crippen LogP contribution in [0.3, 0.4) is 0 Å². The van der Waals surface area contributed by atoms with Crippen LogP contribution in [0.2, 0.25) is 0 Å². The SMILES string of the molecule is CC(C)Oc1ccc(C(=O)C2CCC(C(C)C)CC2)cc1. The second kappa shape index (κ2) is 7.11. The van der Waals surface area contributed by atoms with Crippen LogP contribution in [0, 0.1) is 17.8 Å². The Morgan fingerprint density at radius 3 is 2.05 bits per heavy atom. The third-order valence-electron chi connectivity index (χ3n) is 4.60. The Kier molecular flexibility index (Phi) is 5.44. The van der Waals surface area contributed by atoms with Crippen molar-refractivity contribution in [1.82, 2.24) is 0 Å². The van der Waals surface area contributed by atoms with Gasteiger partial charge in [0.25, 0.3) is 0 Å². The maximum atomic E-state index is 12.6. The molecule has 0 bridgehead atoms. The number of Topliss-reactive ketones (excluding diaryl/α,β-unsaturated/α-hetero) is 1. The van der Waals surface area contributed by atoms with Gasteiger partial charge in [0.1, 0.15) is 5.75 Å². The third-order valence-corrected chi connectivity index (χ3v) is 4.60. The number of rotatable bonds is 5. The number of carbonyl (C=O) groups excluding carboxylic acids is 1. The molecule has 1 fully saturated rings. The summed E-state index contributed by atoms with van der Waals surface area (Å²) in [5.41, 5.74) is 0.833. The van der Waals surface area contributed by atoms with Crippen molar-refractivity contribution in [2.75, 3.05) is 0 Å². The summed E-state index contributed by atoms with van der Waals surface area (Å²) in [6, 6.07) is 7.64. The molecule has 1 aliphatic rings. The molecule has 0 aliphatic heterocycles. The fraction of sp³-hybridized carbons (Fsp3) is 0.632. The van der Waals surface area contributed by atoms with Gasteiger partial charge in [0, 0.05) is 11.5 Å². The van der Waals surface area contributed by atoms with Crippen molar-refractivity contribution in [2.45, 2.75) is 59.5 Å². The fourth-order valence-electron chi connectivity index (χ4n) is 3.25. The average Bonchev–Trinajstić information content (AvgIpc) is 2.47. The maximum Gasteiger partial charge on any atom is 0.165 e. The van der Waals surface area contributed by atoms with Crippen LogP contribution >= 0.6 is 0 Å². The van der Waals surface area contributed by atoms with Gasteiger partial charge in [-0.25, -0.2) is 0 Å². The molecule has 116 valence electrons. The van der Waals surface area contributed by atoms with Crippen LogP contribution in [0.15, 0.2) is 24.3 Å². The molecule has 0 unspecified atom stereocenters. The highest BCUT2D eigenvalue weighted by atomic mass is 16.5. The number of hydrogen-bond acceptors (Lipinski definition) is 2. The Balaban J connectivity index is 1.94. The van der Waals surface area contributed by atoms with E-state index in [0.717, 1.165) is 36.0 Å². The van der Waals surface area contributed by atoms with Gasteiger partial charge in [0.05, 0.1) is 6.10 Å². The molecule has 21 heavy (non-hydrogen) atoms. The minimum atomic E-state index is 0.165. The molecule has 1 aromatic carbocycles. The van der Waals surface area contributed by atoms with E-state index < -0.39 is 0 Å². The van der Waals surface area contributed by atoms with E-state index in [9.17, 15) is 4.79 Å². The molecule has 0 saturated heterocycles. The van der Waals surface area contributed by atoms with Gasteiger partial charge in [-0.15, -0.1) is 0 Å². The first-order chi connectivity index (χ1) is 9.97. The molecule has 2 heteroatoms. The van der Waals surface area contributed by atoms with E-state index in [-0.39, 0.29) is 12.0 Å². The smallest absolute Gasteiger partial charge is 0.165 e. The van der Waals surface area contributed by atoms with Crippen molar-refractivity contribution in [3.63, 3.8) is 0 Å². The van der Waals surface area contributed by atoms with Crippen LogP contribution in [-0.2, 0) is 0 Å². The van der Waals surface area contributed by atoms with Crippen LogP contribution in [-0.4, -0.2) is 11.9 Å². The summed E-state index contributed by atoms with van der Waals surface area (Å²) in [6.45, 7) is 8.60. The van der Waals surface area contributed by atoms with Crippen LogP contribution in [0.1, 0.15) is 63.7 Å². The number of ketones is 1. The van der Waals surface area contributed by atoms with Crippen LogP contribution in [0.5, 0.6) is 5.75 Å². The summed E-state index contributed by atoms with van der Waals surface area (Å²) < 4.78 is 5.62. The lowest BCUT2D eigenvalue weighted by molar-refractivity contribution is 0.0859. The Morgan fingerprint density at radius 1 is 1.00 bits per heavy atom. The van der Waals surface area contributed by atoms with Gasteiger partial charge in [-0.1, -0.05) is 13.8 Å². The third kappa shape index (κ3) is 4.33. The largest absolute Gasteiger partial charge is 0.491 e. The van der Waals surface area contributed by atoms with Gasteiger partial charge in [0.15, 0.2) is 5.78 Å². The molecule has 1 saturated carbocycles. The molecule has 0 spiro atoms. The van der Waals surface area contributed by atoms with Gasteiger partial charge in [0.2, 0.25) is 0 Å². The van der Waals surface area contributed by atoms with Gasteiger partial charge >= 0.3 is 0 Å². The molecular formula is C19H28O2. The summed E-state index contributed by atoms with van der Waals surface area (Å²) in [5, 5.41) is 0. The first-order valence-corrected chi connectivity index (χ1v) is 8.28. The van der Waals surface area contributed by atoms with Crippen LogP contribution in [0.4, 0.5) is 0 Å². The molecular weight excluding hydrogens is 260 g/mol. The Morgan fingerprint density at radius 2 is 1.57 bits per heavy atom. The minimum Gasteiger partial charge on any atom is -0.491 e. The van der Waals surface area contributed by atoms with E-state index in [4.69, 9.17) is 4.74 Å². The zero-order valence-electron chi connectivity index (χ0n) is 13.8. The van der Waals surface area contributed by atoms with Crippen LogP contribution in [0.25, 0.3) is 0 Å². The van der Waals surface area contributed by atoms with E-state index in [2.05, 4.69) is 13.8 Å². The quantitative estimate of drug-likeness (QED) is 0.703. The average molecular weight is 288 g/mol. The van der Waals surface area contributed by atoms with Gasteiger partial charge < -0.3 is 4.74 Å². The fourth-order valence-corrected chi connectivity index (χ4v) is 3.25. The minimum absolute atomic E-state index is 0.165. The highest BCUT2D eigenvalue weighted by Crippen LogP contribution is 2.34. The number of benzene rings is 1. The van der Waals surface area contributed by atoms with E-state index in [1.54, 1.807) is 0 Å². The molecule has 2 rings (SSSR count). The molecule has 1 aromatic rings. The standard InChI is InChI=1S/C19H28O2/c1-13(2)15-5-7-16(8-6-15)19(20)17-9-11-18(12-10-17)21-14(3)4/h9-16H,5-8H2,1-4H3. The lowest BCUT2D eigenvalue weighted by Gasteiger charge is -2.30. The topological polar surface area (TPSA) is 26.3 Å². The summed E-state index contributed by atoms with van der Waals surface area (Å²) in [7, 11) is 0. The van der Waals surface area contributed by atoms with Gasteiger partial charge in [-0.2, -0.15) is 0 Å². The molecule has 0 atom stereocenters. The lowest BCUT2D eigenvalue weighted by Crippen LogP contribution is -2.24. The van der Waals surface area contributed by atoms with Crippen molar-refractivity contribution in [1.29, 1.82) is 0 Å². The normalized spacial score (nSPS) is 22.6.